The zero-order valence-electron chi connectivity index (χ0n) is 7.25. The highest BCUT2D eigenvalue weighted by Gasteiger charge is 2.59. The fraction of sp³-hybridized carbons (Fsp3) is 0.500. The van der Waals surface area contributed by atoms with Gasteiger partial charge >= 0.3 is 0 Å². The van der Waals surface area contributed by atoms with E-state index in [0.717, 1.165) is 18.4 Å². The summed E-state index contributed by atoms with van der Waals surface area (Å²) in [5.74, 6) is 0.227. The van der Waals surface area contributed by atoms with Crippen molar-refractivity contribution in [3.05, 3.63) is 24.2 Å². The van der Waals surface area contributed by atoms with Crippen molar-refractivity contribution in [1.29, 1.82) is 0 Å². The molecule has 2 fully saturated rings. The lowest BCUT2D eigenvalue weighted by Crippen LogP contribution is -2.64. The van der Waals surface area contributed by atoms with Crippen molar-refractivity contribution in [3.63, 3.8) is 0 Å². The predicted molar refractivity (Wildman–Crippen MR) is 45.9 cm³/mol. The first kappa shape index (κ1) is 7.18. The molecule has 3 rings (SSSR count). The molecule has 3 nitrogen and oxygen atoms in total. The molecule has 1 saturated carbocycles. The summed E-state index contributed by atoms with van der Waals surface area (Å²) in [7, 11) is 0. The van der Waals surface area contributed by atoms with Crippen LogP contribution in [0.5, 0.6) is 0 Å². The zero-order valence-corrected chi connectivity index (χ0v) is 7.25. The molecule has 0 bridgehead atoms. The standard InChI is InChI=1S/C10H11NO2/c12-9-10(3-1-4-10)8(11-9)7-2-5-13-6-7/h2,5-6,8H,1,3-4H2,(H,11,12). The van der Waals surface area contributed by atoms with Gasteiger partial charge in [-0.1, -0.05) is 6.42 Å². The van der Waals surface area contributed by atoms with Crippen LogP contribution in [0.15, 0.2) is 23.0 Å². The van der Waals surface area contributed by atoms with Gasteiger partial charge in [0.2, 0.25) is 5.91 Å². The molecule has 1 N–H and O–H groups in total. The first-order valence-electron chi connectivity index (χ1n) is 4.66. The summed E-state index contributed by atoms with van der Waals surface area (Å²) in [4.78, 5) is 11.4. The van der Waals surface area contributed by atoms with Crippen molar-refractivity contribution in [2.75, 3.05) is 0 Å². The summed E-state index contributed by atoms with van der Waals surface area (Å²) in [6.07, 6.45) is 6.64. The van der Waals surface area contributed by atoms with Crippen LogP contribution >= 0.6 is 0 Å². The molecule has 3 heteroatoms. The third-order valence-corrected chi connectivity index (χ3v) is 3.40. The van der Waals surface area contributed by atoms with Gasteiger partial charge in [-0.2, -0.15) is 0 Å². The Bertz CT molecular complexity index is 338. The Labute approximate surface area is 76.1 Å². The lowest BCUT2D eigenvalue weighted by molar-refractivity contribution is -0.155. The van der Waals surface area contributed by atoms with Gasteiger partial charge in [-0.3, -0.25) is 4.79 Å². The minimum absolute atomic E-state index is 0.0656. The van der Waals surface area contributed by atoms with Gasteiger partial charge < -0.3 is 9.73 Å². The third-order valence-electron chi connectivity index (χ3n) is 3.40. The highest BCUT2D eigenvalue weighted by molar-refractivity contribution is 5.91. The molecule has 2 heterocycles. The molecule has 1 saturated heterocycles. The van der Waals surface area contributed by atoms with Gasteiger partial charge in [-0.05, 0) is 18.9 Å². The van der Waals surface area contributed by atoms with E-state index in [1.54, 1.807) is 12.5 Å². The van der Waals surface area contributed by atoms with E-state index < -0.39 is 0 Å². The van der Waals surface area contributed by atoms with Crippen LogP contribution in [0.25, 0.3) is 0 Å². The molecule has 1 unspecified atom stereocenters. The van der Waals surface area contributed by atoms with Crippen molar-refractivity contribution < 1.29 is 9.21 Å². The number of rotatable bonds is 1. The van der Waals surface area contributed by atoms with Crippen LogP contribution in [0.2, 0.25) is 0 Å². The fourth-order valence-corrected chi connectivity index (χ4v) is 2.38. The van der Waals surface area contributed by atoms with Crippen molar-refractivity contribution in [1.82, 2.24) is 5.32 Å². The van der Waals surface area contributed by atoms with E-state index in [9.17, 15) is 4.79 Å². The van der Waals surface area contributed by atoms with Gasteiger partial charge in [0.25, 0.3) is 0 Å². The first-order valence-corrected chi connectivity index (χ1v) is 4.66. The second-order valence-corrected chi connectivity index (χ2v) is 3.97. The maximum Gasteiger partial charge on any atom is 0.229 e. The Morgan fingerprint density at radius 2 is 2.38 bits per heavy atom. The molecule has 1 spiro atoms. The molecule has 68 valence electrons. The predicted octanol–water partition coefficient (Wildman–Crippen LogP) is 1.62. The second-order valence-electron chi connectivity index (χ2n) is 3.97. The Balaban J connectivity index is 1.91. The maximum absolute atomic E-state index is 11.4. The van der Waals surface area contributed by atoms with Crippen molar-refractivity contribution >= 4 is 5.91 Å². The summed E-state index contributed by atoms with van der Waals surface area (Å²) in [5, 5.41) is 2.94. The number of carbonyl (C=O) groups is 1. The summed E-state index contributed by atoms with van der Waals surface area (Å²) in [6.45, 7) is 0. The molecule has 0 radical (unpaired) electrons. The number of hydrogen-bond acceptors (Lipinski definition) is 2. The van der Waals surface area contributed by atoms with E-state index in [0.29, 0.717) is 0 Å². The number of nitrogens with one attached hydrogen (secondary N) is 1. The SMILES string of the molecule is O=C1NC(c2ccoc2)C12CCC2. The molecule has 2 aliphatic rings. The van der Waals surface area contributed by atoms with E-state index in [2.05, 4.69) is 5.32 Å². The molecule has 1 aliphatic heterocycles. The van der Waals surface area contributed by atoms with Crippen LogP contribution < -0.4 is 5.32 Å². The van der Waals surface area contributed by atoms with Gasteiger partial charge in [0.1, 0.15) is 0 Å². The topological polar surface area (TPSA) is 42.2 Å². The molecular formula is C10H11NO2. The first-order chi connectivity index (χ1) is 6.33. The van der Waals surface area contributed by atoms with Crippen LogP contribution in [0, 0.1) is 5.41 Å². The van der Waals surface area contributed by atoms with Crippen molar-refractivity contribution in [2.24, 2.45) is 5.41 Å². The summed E-state index contributed by atoms with van der Waals surface area (Å²) in [5.41, 5.74) is 1.04. The lowest BCUT2D eigenvalue weighted by atomic mass is 9.57. The normalized spacial score (nSPS) is 29.2. The Morgan fingerprint density at radius 3 is 2.85 bits per heavy atom. The monoisotopic (exact) mass is 177 g/mol. The Kier molecular flexibility index (Phi) is 1.19. The molecule has 1 aromatic rings. The summed E-state index contributed by atoms with van der Waals surface area (Å²) >= 11 is 0. The maximum atomic E-state index is 11.4. The Morgan fingerprint density at radius 1 is 1.54 bits per heavy atom. The quantitative estimate of drug-likeness (QED) is 0.662. The van der Waals surface area contributed by atoms with Gasteiger partial charge in [0, 0.05) is 5.56 Å². The van der Waals surface area contributed by atoms with Crippen LogP contribution in [0.1, 0.15) is 30.9 Å². The summed E-state index contributed by atoms with van der Waals surface area (Å²) in [6, 6.07) is 2.15. The van der Waals surface area contributed by atoms with Crippen molar-refractivity contribution in [2.45, 2.75) is 25.3 Å². The Hall–Kier alpha value is -1.25. The molecule has 1 aromatic heterocycles. The number of amides is 1. The van der Waals surface area contributed by atoms with E-state index in [4.69, 9.17) is 4.42 Å². The van der Waals surface area contributed by atoms with E-state index in [-0.39, 0.29) is 17.4 Å². The van der Waals surface area contributed by atoms with Gasteiger partial charge in [-0.15, -0.1) is 0 Å². The minimum Gasteiger partial charge on any atom is -0.472 e. The largest absolute Gasteiger partial charge is 0.472 e. The van der Waals surface area contributed by atoms with Crippen LogP contribution in [0.4, 0.5) is 0 Å². The summed E-state index contributed by atoms with van der Waals surface area (Å²) < 4.78 is 5.02. The highest BCUT2D eigenvalue weighted by Crippen LogP contribution is 2.55. The van der Waals surface area contributed by atoms with E-state index in [1.807, 2.05) is 6.07 Å². The minimum atomic E-state index is -0.0656. The molecule has 1 aliphatic carbocycles. The molecular weight excluding hydrogens is 166 g/mol. The number of β-lactam (4-membered cyclic amide) rings is 1. The van der Waals surface area contributed by atoms with Crippen molar-refractivity contribution in [3.8, 4) is 0 Å². The zero-order chi connectivity index (χ0) is 8.89. The molecule has 0 aromatic carbocycles. The van der Waals surface area contributed by atoms with E-state index >= 15 is 0 Å². The number of furan rings is 1. The lowest BCUT2D eigenvalue weighted by Gasteiger charge is -2.54. The molecule has 1 amide bonds. The van der Waals surface area contributed by atoms with Gasteiger partial charge in [0.05, 0.1) is 24.0 Å². The van der Waals surface area contributed by atoms with Gasteiger partial charge in [0.15, 0.2) is 0 Å². The second kappa shape index (κ2) is 2.16. The van der Waals surface area contributed by atoms with Crippen LogP contribution in [-0.2, 0) is 4.79 Å². The smallest absolute Gasteiger partial charge is 0.229 e. The average molecular weight is 177 g/mol. The third kappa shape index (κ3) is 0.723. The highest BCUT2D eigenvalue weighted by atomic mass is 16.3. The number of hydrogen-bond donors (Lipinski definition) is 1. The van der Waals surface area contributed by atoms with Crippen LogP contribution in [-0.4, -0.2) is 5.91 Å². The number of carbonyl (C=O) groups excluding carboxylic acids is 1. The van der Waals surface area contributed by atoms with Crippen LogP contribution in [0.3, 0.4) is 0 Å². The average Bonchev–Trinajstić information content (AvgIpc) is 2.48. The fourth-order valence-electron chi connectivity index (χ4n) is 2.38. The van der Waals surface area contributed by atoms with Gasteiger partial charge in [-0.25, -0.2) is 0 Å². The molecule has 13 heavy (non-hydrogen) atoms. The molecule has 1 atom stereocenters. The van der Waals surface area contributed by atoms with E-state index in [1.165, 1.54) is 6.42 Å².